The molecule has 10 heteroatoms. The number of aryl methyl sites for hydroxylation is 1. The molecule has 124 valence electrons. The SMILES string of the molecule is COc1ccc(-n2c(Cn3nc([N+](=O)[O-])cc3C)n[nH]c2=S)cc1. The van der Waals surface area contributed by atoms with Gasteiger partial charge in [0, 0.05) is 5.69 Å². The minimum atomic E-state index is -0.524. The molecule has 0 unspecified atom stereocenters. The minimum Gasteiger partial charge on any atom is -0.497 e. The lowest BCUT2D eigenvalue weighted by molar-refractivity contribution is -0.389. The number of nitrogens with zero attached hydrogens (tertiary/aromatic N) is 5. The van der Waals surface area contributed by atoms with Gasteiger partial charge in [-0.25, -0.2) is 0 Å². The molecular weight excluding hydrogens is 332 g/mol. The topological polar surface area (TPSA) is 104 Å². The second kappa shape index (κ2) is 6.24. The minimum absolute atomic E-state index is 0.197. The van der Waals surface area contributed by atoms with Gasteiger partial charge in [-0.2, -0.15) is 9.78 Å². The Morgan fingerprint density at radius 3 is 2.67 bits per heavy atom. The van der Waals surface area contributed by atoms with Crippen molar-refractivity contribution in [1.29, 1.82) is 0 Å². The first-order valence-electron chi connectivity index (χ1n) is 6.99. The quantitative estimate of drug-likeness (QED) is 0.432. The molecule has 0 spiro atoms. The van der Waals surface area contributed by atoms with Gasteiger partial charge in [0.25, 0.3) is 0 Å². The van der Waals surface area contributed by atoms with Crippen LogP contribution in [0, 0.1) is 21.8 Å². The predicted octanol–water partition coefficient (Wildman–Crippen LogP) is 2.40. The second-order valence-electron chi connectivity index (χ2n) is 5.04. The van der Waals surface area contributed by atoms with E-state index in [1.807, 2.05) is 24.3 Å². The lowest BCUT2D eigenvalue weighted by Gasteiger charge is -2.07. The first kappa shape index (κ1) is 15.9. The molecule has 1 aromatic carbocycles. The van der Waals surface area contributed by atoms with Gasteiger partial charge in [0.1, 0.15) is 12.3 Å². The van der Waals surface area contributed by atoms with Crippen LogP contribution in [0.1, 0.15) is 11.5 Å². The van der Waals surface area contributed by atoms with Crippen LogP contribution >= 0.6 is 12.2 Å². The van der Waals surface area contributed by atoms with Gasteiger partial charge in [-0.3, -0.25) is 9.67 Å². The number of methoxy groups -OCH3 is 1. The highest BCUT2D eigenvalue weighted by atomic mass is 32.1. The molecule has 0 radical (unpaired) electrons. The van der Waals surface area contributed by atoms with Crippen LogP contribution in [0.5, 0.6) is 5.75 Å². The number of nitro groups is 1. The molecule has 9 nitrogen and oxygen atoms in total. The fourth-order valence-electron chi connectivity index (χ4n) is 2.31. The Morgan fingerprint density at radius 1 is 1.38 bits per heavy atom. The number of ether oxygens (including phenoxy) is 1. The molecule has 0 bridgehead atoms. The Labute approximate surface area is 141 Å². The van der Waals surface area contributed by atoms with Crippen LogP contribution < -0.4 is 4.74 Å². The summed E-state index contributed by atoms with van der Waals surface area (Å²) in [5, 5.41) is 21.8. The summed E-state index contributed by atoms with van der Waals surface area (Å²) in [4.78, 5) is 10.3. The van der Waals surface area contributed by atoms with Crippen molar-refractivity contribution in [3.05, 3.63) is 56.7 Å². The van der Waals surface area contributed by atoms with Gasteiger partial charge < -0.3 is 14.9 Å². The van der Waals surface area contributed by atoms with E-state index in [2.05, 4.69) is 15.3 Å². The molecule has 2 heterocycles. The molecule has 0 aliphatic heterocycles. The molecular formula is C14H14N6O3S. The first-order valence-corrected chi connectivity index (χ1v) is 7.40. The third-order valence-corrected chi connectivity index (χ3v) is 3.79. The van der Waals surface area contributed by atoms with Gasteiger partial charge in [0.2, 0.25) is 0 Å². The van der Waals surface area contributed by atoms with Gasteiger partial charge in [-0.15, -0.1) is 0 Å². The van der Waals surface area contributed by atoms with Crippen molar-refractivity contribution < 1.29 is 9.66 Å². The van der Waals surface area contributed by atoms with Crippen LogP contribution in [-0.4, -0.2) is 36.6 Å². The van der Waals surface area contributed by atoms with Gasteiger partial charge in [-0.05, 0) is 48.3 Å². The molecule has 0 saturated carbocycles. The Balaban J connectivity index is 1.98. The maximum atomic E-state index is 10.8. The van der Waals surface area contributed by atoms with Crippen molar-refractivity contribution in [1.82, 2.24) is 24.5 Å². The van der Waals surface area contributed by atoms with Crippen LogP contribution in [0.25, 0.3) is 5.69 Å². The third kappa shape index (κ3) is 2.91. The van der Waals surface area contributed by atoms with Gasteiger partial charge in [0.15, 0.2) is 10.6 Å². The van der Waals surface area contributed by atoms with Crippen LogP contribution in [0.3, 0.4) is 0 Å². The van der Waals surface area contributed by atoms with Crippen molar-refractivity contribution in [2.45, 2.75) is 13.5 Å². The molecule has 2 aromatic heterocycles. The van der Waals surface area contributed by atoms with E-state index < -0.39 is 4.92 Å². The fourth-order valence-corrected chi connectivity index (χ4v) is 2.57. The molecule has 3 aromatic rings. The van der Waals surface area contributed by atoms with E-state index in [-0.39, 0.29) is 12.4 Å². The van der Waals surface area contributed by atoms with Crippen molar-refractivity contribution in [2.24, 2.45) is 0 Å². The highest BCUT2D eigenvalue weighted by molar-refractivity contribution is 7.71. The number of aromatic amines is 1. The van der Waals surface area contributed by atoms with E-state index in [1.165, 1.54) is 10.7 Å². The molecule has 0 fully saturated rings. The summed E-state index contributed by atoms with van der Waals surface area (Å²) in [7, 11) is 1.59. The lowest BCUT2D eigenvalue weighted by atomic mass is 10.3. The van der Waals surface area contributed by atoms with Crippen LogP contribution in [0.4, 0.5) is 5.82 Å². The lowest BCUT2D eigenvalue weighted by Crippen LogP contribution is -2.10. The Kier molecular flexibility index (Phi) is 4.13. The van der Waals surface area contributed by atoms with E-state index >= 15 is 0 Å². The normalized spacial score (nSPS) is 10.8. The van der Waals surface area contributed by atoms with Crippen molar-refractivity contribution in [3.8, 4) is 11.4 Å². The van der Waals surface area contributed by atoms with Gasteiger partial charge in [-0.1, -0.05) is 0 Å². The fraction of sp³-hybridized carbons (Fsp3) is 0.214. The predicted molar refractivity (Wildman–Crippen MR) is 88.0 cm³/mol. The summed E-state index contributed by atoms with van der Waals surface area (Å²) >= 11 is 5.29. The van der Waals surface area contributed by atoms with Crippen molar-refractivity contribution in [3.63, 3.8) is 0 Å². The third-order valence-electron chi connectivity index (χ3n) is 3.52. The molecule has 0 aliphatic carbocycles. The number of nitrogens with one attached hydrogen (secondary N) is 1. The van der Waals surface area contributed by atoms with Gasteiger partial charge >= 0.3 is 5.82 Å². The zero-order valence-electron chi connectivity index (χ0n) is 13.0. The summed E-state index contributed by atoms with van der Waals surface area (Å²) < 4.78 is 8.84. The number of hydrogen-bond donors (Lipinski definition) is 1. The zero-order chi connectivity index (χ0) is 17.3. The first-order chi connectivity index (χ1) is 11.5. The average molecular weight is 346 g/mol. The van der Waals surface area contributed by atoms with Crippen LogP contribution in [0.2, 0.25) is 0 Å². The number of rotatable bonds is 5. The monoisotopic (exact) mass is 346 g/mol. The number of aromatic nitrogens is 5. The van der Waals surface area contributed by atoms with E-state index in [1.54, 1.807) is 18.6 Å². The van der Waals surface area contributed by atoms with Crippen molar-refractivity contribution >= 4 is 18.0 Å². The summed E-state index contributed by atoms with van der Waals surface area (Å²) in [5.41, 5.74) is 1.47. The maximum Gasteiger partial charge on any atom is 0.390 e. The maximum absolute atomic E-state index is 10.8. The van der Waals surface area contributed by atoms with Crippen molar-refractivity contribution in [2.75, 3.05) is 7.11 Å². The summed E-state index contributed by atoms with van der Waals surface area (Å²) in [5.74, 6) is 1.12. The zero-order valence-corrected chi connectivity index (χ0v) is 13.8. The Bertz CT molecular complexity index is 940. The summed E-state index contributed by atoms with van der Waals surface area (Å²) in [6.45, 7) is 2.00. The summed E-state index contributed by atoms with van der Waals surface area (Å²) in [6.07, 6.45) is 0. The standard InChI is InChI=1S/C14H14N6O3S/c1-9-7-12(20(21)22)17-18(9)8-13-15-16-14(24)19(13)10-3-5-11(23-2)6-4-10/h3-7H,8H2,1-2H3,(H,16,24). The highest BCUT2D eigenvalue weighted by Gasteiger charge is 2.18. The highest BCUT2D eigenvalue weighted by Crippen LogP contribution is 2.18. The van der Waals surface area contributed by atoms with E-state index in [9.17, 15) is 10.1 Å². The van der Waals surface area contributed by atoms with E-state index in [0.717, 1.165) is 11.4 Å². The number of benzene rings is 1. The molecule has 0 amide bonds. The van der Waals surface area contributed by atoms with Gasteiger partial charge in [0.05, 0.1) is 24.0 Å². The molecule has 0 aliphatic rings. The second-order valence-corrected chi connectivity index (χ2v) is 5.42. The van der Waals surface area contributed by atoms with Crippen LogP contribution in [-0.2, 0) is 6.54 Å². The Hall–Kier alpha value is -3.01. The van der Waals surface area contributed by atoms with E-state index in [4.69, 9.17) is 17.0 Å². The molecule has 0 atom stereocenters. The molecule has 3 rings (SSSR count). The largest absolute Gasteiger partial charge is 0.497 e. The molecule has 24 heavy (non-hydrogen) atoms. The number of H-pyrrole nitrogens is 1. The van der Waals surface area contributed by atoms with Crippen LogP contribution in [0.15, 0.2) is 30.3 Å². The smallest absolute Gasteiger partial charge is 0.390 e. The number of hydrogen-bond acceptors (Lipinski definition) is 6. The summed E-state index contributed by atoms with van der Waals surface area (Å²) in [6, 6.07) is 8.76. The average Bonchev–Trinajstić information content (AvgIpc) is 3.11. The van der Waals surface area contributed by atoms with E-state index in [0.29, 0.717) is 16.3 Å². The Morgan fingerprint density at radius 2 is 2.08 bits per heavy atom. The molecule has 0 saturated heterocycles. The molecule has 1 N–H and O–H groups in total.